The first-order valence-corrected chi connectivity index (χ1v) is 7.14. The maximum Gasteiger partial charge on any atom is 0.252 e. The highest BCUT2D eigenvalue weighted by Gasteiger charge is 2.15. The summed E-state index contributed by atoms with van der Waals surface area (Å²) in [7, 11) is 1.42. The monoisotopic (exact) mass is 301 g/mol. The number of aryl methyl sites for hydroxylation is 2. The van der Waals surface area contributed by atoms with Gasteiger partial charge in [0, 0.05) is 5.56 Å². The predicted octanol–water partition coefficient (Wildman–Crippen LogP) is 3.94. The van der Waals surface area contributed by atoms with Gasteiger partial charge < -0.3 is 10.1 Å². The topological polar surface area (TPSA) is 38.3 Å². The number of carbonyl (C=O) groups excluding carboxylic acids is 1. The van der Waals surface area contributed by atoms with Gasteiger partial charge in [-0.3, -0.25) is 4.79 Å². The zero-order valence-corrected chi connectivity index (χ0v) is 13.2. The van der Waals surface area contributed by atoms with Gasteiger partial charge in [0.15, 0.2) is 11.6 Å². The van der Waals surface area contributed by atoms with Gasteiger partial charge in [-0.1, -0.05) is 23.8 Å². The number of benzene rings is 2. The summed E-state index contributed by atoms with van der Waals surface area (Å²) in [4.78, 5) is 12.4. The van der Waals surface area contributed by atoms with Crippen molar-refractivity contribution < 1.29 is 13.9 Å². The molecule has 0 saturated carbocycles. The van der Waals surface area contributed by atoms with Crippen LogP contribution < -0.4 is 10.1 Å². The van der Waals surface area contributed by atoms with Crippen LogP contribution in [0.15, 0.2) is 36.4 Å². The molecule has 1 N–H and O–H groups in total. The minimum Gasteiger partial charge on any atom is -0.494 e. The number of ether oxygens (including phenoxy) is 1. The number of hydrogen-bond donors (Lipinski definition) is 1. The van der Waals surface area contributed by atoms with Crippen LogP contribution in [0.3, 0.4) is 0 Å². The minimum atomic E-state index is -0.437. The third-order valence-corrected chi connectivity index (χ3v) is 3.66. The van der Waals surface area contributed by atoms with E-state index in [1.165, 1.54) is 13.2 Å². The third-order valence-electron chi connectivity index (χ3n) is 3.66. The van der Waals surface area contributed by atoms with Crippen molar-refractivity contribution in [3.8, 4) is 5.75 Å². The second kappa shape index (κ2) is 6.60. The molecule has 0 bridgehead atoms. The molecule has 2 aromatic carbocycles. The Morgan fingerprint density at radius 1 is 1.18 bits per heavy atom. The number of halogens is 1. The Hall–Kier alpha value is -2.36. The van der Waals surface area contributed by atoms with Gasteiger partial charge >= 0.3 is 0 Å². The van der Waals surface area contributed by atoms with Crippen molar-refractivity contribution in [2.24, 2.45) is 0 Å². The second-order valence-corrected chi connectivity index (χ2v) is 5.41. The average molecular weight is 301 g/mol. The van der Waals surface area contributed by atoms with Gasteiger partial charge in [-0.05, 0) is 50.1 Å². The molecule has 1 unspecified atom stereocenters. The van der Waals surface area contributed by atoms with Gasteiger partial charge in [0.05, 0.1) is 13.2 Å². The van der Waals surface area contributed by atoms with E-state index >= 15 is 0 Å². The lowest BCUT2D eigenvalue weighted by Crippen LogP contribution is -2.27. The molecule has 0 spiro atoms. The summed E-state index contributed by atoms with van der Waals surface area (Å²) >= 11 is 0. The van der Waals surface area contributed by atoms with E-state index in [1.54, 1.807) is 12.1 Å². The van der Waals surface area contributed by atoms with E-state index < -0.39 is 5.82 Å². The largest absolute Gasteiger partial charge is 0.494 e. The Morgan fingerprint density at radius 3 is 2.55 bits per heavy atom. The van der Waals surface area contributed by atoms with Crippen LogP contribution >= 0.6 is 0 Å². The van der Waals surface area contributed by atoms with E-state index in [4.69, 9.17) is 4.74 Å². The fourth-order valence-electron chi connectivity index (χ4n) is 2.29. The Morgan fingerprint density at radius 2 is 1.91 bits per heavy atom. The lowest BCUT2D eigenvalue weighted by atomic mass is 10.0. The Balaban J connectivity index is 2.17. The van der Waals surface area contributed by atoms with Crippen molar-refractivity contribution in [2.45, 2.75) is 26.8 Å². The molecule has 3 nitrogen and oxygen atoms in total. The number of amides is 1. The van der Waals surface area contributed by atoms with E-state index in [0.717, 1.165) is 11.1 Å². The molecular formula is C18H20FNO2. The molecule has 4 heteroatoms. The quantitative estimate of drug-likeness (QED) is 0.929. The molecule has 2 rings (SSSR count). The third kappa shape index (κ3) is 3.45. The zero-order valence-electron chi connectivity index (χ0n) is 13.2. The average Bonchev–Trinajstić information content (AvgIpc) is 2.49. The lowest BCUT2D eigenvalue weighted by molar-refractivity contribution is 0.0939. The molecule has 0 saturated heterocycles. The molecule has 22 heavy (non-hydrogen) atoms. The zero-order chi connectivity index (χ0) is 16.3. The number of hydrogen-bond acceptors (Lipinski definition) is 2. The summed E-state index contributed by atoms with van der Waals surface area (Å²) in [5.41, 5.74) is 3.27. The van der Waals surface area contributed by atoms with E-state index in [9.17, 15) is 9.18 Å². The highest BCUT2D eigenvalue weighted by atomic mass is 19.1. The Kier molecular flexibility index (Phi) is 4.81. The second-order valence-electron chi connectivity index (χ2n) is 5.41. The molecule has 1 amide bonds. The maximum absolute atomic E-state index is 13.8. The van der Waals surface area contributed by atoms with E-state index in [-0.39, 0.29) is 17.7 Å². The fourth-order valence-corrected chi connectivity index (χ4v) is 2.29. The van der Waals surface area contributed by atoms with Gasteiger partial charge in [-0.25, -0.2) is 4.39 Å². The number of nitrogens with one attached hydrogen (secondary N) is 1. The van der Waals surface area contributed by atoms with Crippen molar-refractivity contribution in [1.29, 1.82) is 0 Å². The summed E-state index contributed by atoms with van der Waals surface area (Å²) in [6.45, 7) is 5.66. The molecule has 116 valence electrons. The molecule has 1 atom stereocenters. The molecule has 0 heterocycles. The molecular weight excluding hydrogens is 281 g/mol. The molecule has 0 aliphatic heterocycles. The van der Waals surface area contributed by atoms with Crippen LogP contribution in [-0.2, 0) is 0 Å². The first kappa shape index (κ1) is 16.0. The standard InChI is InChI=1S/C18H20FNO2/c1-11-5-6-12(2)15(9-11)18(21)20-13(3)14-7-8-17(22-4)16(19)10-14/h5-10,13H,1-4H3,(H,20,21). The van der Waals surface area contributed by atoms with E-state index in [0.29, 0.717) is 11.1 Å². The van der Waals surface area contributed by atoms with Crippen LogP contribution in [0, 0.1) is 19.7 Å². The van der Waals surface area contributed by atoms with Crippen LogP contribution in [0.5, 0.6) is 5.75 Å². The normalized spacial score (nSPS) is 11.9. The minimum absolute atomic E-state index is 0.162. The van der Waals surface area contributed by atoms with Crippen molar-refractivity contribution in [3.05, 3.63) is 64.5 Å². The molecule has 0 fully saturated rings. The first-order chi connectivity index (χ1) is 10.4. The van der Waals surface area contributed by atoms with Gasteiger partial charge in [-0.2, -0.15) is 0 Å². The van der Waals surface area contributed by atoms with Crippen LogP contribution in [-0.4, -0.2) is 13.0 Å². The van der Waals surface area contributed by atoms with Gasteiger partial charge in [-0.15, -0.1) is 0 Å². The Labute approximate surface area is 130 Å². The van der Waals surface area contributed by atoms with Crippen LogP contribution in [0.1, 0.15) is 40.0 Å². The summed E-state index contributed by atoms with van der Waals surface area (Å²) < 4.78 is 18.6. The van der Waals surface area contributed by atoms with Crippen molar-refractivity contribution in [2.75, 3.05) is 7.11 Å². The smallest absolute Gasteiger partial charge is 0.252 e. The molecule has 0 radical (unpaired) electrons. The lowest BCUT2D eigenvalue weighted by Gasteiger charge is -2.16. The maximum atomic E-state index is 13.8. The van der Waals surface area contributed by atoms with Crippen molar-refractivity contribution >= 4 is 5.91 Å². The predicted molar refractivity (Wildman–Crippen MR) is 84.7 cm³/mol. The number of carbonyl (C=O) groups is 1. The van der Waals surface area contributed by atoms with Gasteiger partial charge in [0.1, 0.15) is 0 Å². The SMILES string of the molecule is COc1ccc(C(C)NC(=O)c2cc(C)ccc2C)cc1F. The first-order valence-electron chi connectivity index (χ1n) is 7.14. The van der Waals surface area contributed by atoms with E-state index in [2.05, 4.69) is 5.32 Å². The summed E-state index contributed by atoms with van der Waals surface area (Å²) in [6.07, 6.45) is 0. The van der Waals surface area contributed by atoms with Crippen LogP contribution in [0.2, 0.25) is 0 Å². The molecule has 0 aromatic heterocycles. The highest BCUT2D eigenvalue weighted by Crippen LogP contribution is 2.22. The summed E-state index contributed by atoms with van der Waals surface area (Å²) in [6, 6.07) is 10.1. The summed E-state index contributed by atoms with van der Waals surface area (Å²) in [5, 5.41) is 2.90. The van der Waals surface area contributed by atoms with Crippen LogP contribution in [0.4, 0.5) is 4.39 Å². The molecule has 0 aliphatic carbocycles. The summed E-state index contributed by atoms with van der Waals surface area (Å²) in [5.74, 6) is -0.408. The molecule has 2 aromatic rings. The van der Waals surface area contributed by atoms with Gasteiger partial charge in [0.2, 0.25) is 0 Å². The van der Waals surface area contributed by atoms with E-state index in [1.807, 2.05) is 39.0 Å². The van der Waals surface area contributed by atoms with Crippen molar-refractivity contribution in [1.82, 2.24) is 5.32 Å². The fraction of sp³-hybridized carbons (Fsp3) is 0.278. The number of rotatable bonds is 4. The Bertz CT molecular complexity index is 697. The molecule has 0 aliphatic rings. The van der Waals surface area contributed by atoms with Gasteiger partial charge in [0.25, 0.3) is 5.91 Å². The number of methoxy groups -OCH3 is 1. The van der Waals surface area contributed by atoms with Crippen LogP contribution in [0.25, 0.3) is 0 Å². The van der Waals surface area contributed by atoms with Crippen molar-refractivity contribution in [3.63, 3.8) is 0 Å². The highest BCUT2D eigenvalue weighted by molar-refractivity contribution is 5.96.